The highest BCUT2D eigenvalue weighted by molar-refractivity contribution is 6.05. The monoisotopic (exact) mass is 411 g/mol. The maximum atomic E-state index is 12.6. The molecule has 0 aliphatic rings. The molecule has 1 amide bonds. The third-order valence-corrected chi connectivity index (χ3v) is 4.42. The smallest absolute Gasteiger partial charge is 0.417 e. The second-order valence-electron chi connectivity index (χ2n) is 6.72. The molecule has 0 bridgehead atoms. The Bertz CT molecular complexity index is 1200. The molecule has 8 heteroatoms. The molecule has 0 unspecified atom stereocenters. The van der Waals surface area contributed by atoms with Gasteiger partial charge in [-0.15, -0.1) is 0 Å². The van der Waals surface area contributed by atoms with Gasteiger partial charge >= 0.3 is 6.18 Å². The average molecular weight is 411 g/mol. The minimum absolute atomic E-state index is 0.0234. The van der Waals surface area contributed by atoms with Gasteiger partial charge in [-0.25, -0.2) is 4.98 Å². The van der Waals surface area contributed by atoms with Crippen LogP contribution in [0.3, 0.4) is 0 Å². The lowest BCUT2D eigenvalue weighted by molar-refractivity contribution is -0.137. The summed E-state index contributed by atoms with van der Waals surface area (Å²) in [6.45, 7) is 1.96. The molecule has 0 saturated heterocycles. The Labute approximate surface area is 169 Å². The number of nitrogens with zero attached hydrogens (tertiary/aromatic N) is 1. The second-order valence-corrected chi connectivity index (χ2v) is 6.72. The van der Waals surface area contributed by atoms with Gasteiger partial charge in [0.25, 0.3) is 5.91 Å². The highest BCUT2D eigenvalue weighted by Crippen LogP contribution is 2.30. The molecule has 0 aliphatic heterocycles. The first-order valence-electron chi connectivity index (χ1n) is 9.00. The average Bonchev–Trinajstić information content (AvgIpc) is 3.07. The molecule has 0 aliphatic carbocycles. The number of H-pyrrole nitrogens is 1. The highest BCUT2D eigenvalue weighted by Gasteiger charge is 2.30. The number of aryl methyl sites for hydroxylation is 1. The van der Waals surface area contributed by atoms with Gasteiger partial charge in [-0.1, -0.05) is 0 Å². The molecular formula is C22H16F3N3O2. The summed E-state index contributed by atoms with van der Waals surface area (Å²) in [4.78, 5) is 19.4. The molecule has 0 radical (unpaired) electrons. The van der Waals surface area contributed by atoms with Gasteiger partial charge in [-0.2, -0.15) is 13.2 Å². The fourth-order valence-electron chi connectivity index (χ4n) is 2.96. The maximum absolute atomic E-state index is 12.6. The topological polar surface area (TPSA) is 67.0 Å². The Morgan fingerprint density at radius 2 is 1.80 bits per heavy atom. The number of ether oxygens (including phenoxy) is 1. The number of alkyl halides is 3. The number of nitrogens with one attached hydrogen (secondary N) is 2. The van der Waals surface area contributed by atoms with Crippen LogP contribution in [0.2, 0.25) is 0 Å². The highest BCUT2D eigenvalue weighted by atomic mass is 19.4. The largest absolute Gasteiger partial charge is 0.439 e. The SMILES string of the molecule is Cc1cc2cc(NC(=O)c3ccc(Oc4ccc(C(F)(F)F)cn4)cc3)ccc2[nH]1. The standard InChI is InChI=1S/C22H16F3N3O2/c1-13-10-15-11-17(5-8-19(15)27-13)28-21(29)14-2-6-18(7-3-14)30-20-9-4-16(12-26-20)22(23,24)25/h2-12,27H,1H3,(H,28,29). The molecule has 30 heavy (non-hydrogen) atoms. The normalized spacial score (nSPS) is 11.5. The lowest BCUT2D eigenvalue weighted by atomic mass is 10.2. The summed E-state index contributed by atoms with van der Waals surface area (Å²) >= 11 is 0. The van der Waals surface area contributed by atoms with Crippen LogP contribution in [0.4, 0.5) is 18.9 Å². The van der Waals surface area contributed by atoms with E-state index in [0.717, 1.165) is 28.7 Å². The first-order chi connectivity index (χ1) is 14.3. The third kappa shape index (κ3) is 4.27. The van der Waals surface area contributed by atoms with Crippen molar-refractivity contribution < 1.29 is 22.7 Å². The number of anilines is 1. The number of aromatic amines is 1. The zero-order chi connectivity index (χ0) is 21.3. The van der Waals surface area contributed by atoms with Crippen molar-refractivity contribution in [1.82, 2.24) is 9.97 Å². The molecule has 0 spiro atoms. The molecule has 0 atom stereocenters. The number of pyridine rings is 1. The van der Waals surface area contributed by atoms with E-state index < -0.39 is 11.7 Å². The number of carbonyl (C=O) groups is 1. The lowest BCUT2D eigenvalue weighted by Gasteiger charge is -2.09. The molecule has 2 N–H and O–H groups in total. The Morgan fingerprint density at radius 1 is 1.03 bits per heavy atom. The van der Waals surface area contributed by atoms with Crippen LogP contribution in [0.15, 0.2) is 66.9 Å². The molecule has 2 heterocycles. The Hall–Kier alpha value is -3.81. The summed E-state index contributed by atoms with van der Waals surface area (Å²) in [6, 6.07) is 15.8. The van der Waals surface area contributed by atoms with Crippen molar-refractivity contribution in [3.05, 3.63) is 83.7 Å². The molecule has 2 aromatic heterocycles. The van der Waals surface area contributed by atoms with E-state index in [1.165, 1.54) is 0 Å². The first kappa shape index (κ1) is 19.5. The molecule has 2 aromatic carbocycles. The molecule has 4 rings (SSSR count). The molecule has 0 fully saturated rings. The van der Waals surface area contributed by atoms with E-state index in [1.807, 2.05) is 31.2 Å². The van der Waals surface area contributed by atoms with Crippen molar-refractivity contribution in [3.8, 4) is 11.6 Å². The summed E-state index contributed by atoms with van der Waals surface area (Å²) in [5, 5.41) is 3.83. The maximum Gasteiger partial charge on any atom is 0.417 e. The molecule has 5 nitrogen and oxygen atoms in total. The van der Waals surface area contributed by atoms with Crippen molar-refractivity contribution >= 4 is 22.5 Å². The van der Waals surface area contributed by atoms with Crippen LogP contribution in [-0.4, -0.2) is 15.9 Å². The van der Waals surface area contributed by atoms with E-state index in [-0.39, 0.29) is 11.8 Å². The van der Waals surface area contributed by atoms with E-state index in [2.05, 4.69) is 15.3 Å². The van der Waals surface area contributed by atoms with Gasteiger partial charge in [0.2, 0.25) is 5.88 Å². The zero-order valence-electron chi connectivity index (χ0n) is 15.7. The van der Waals surface area contributed by atoms with Crippen molar-refractivity contribution in [2.45, 2.75) is 13.1 Å². The van der Waals surface area contributed by atoms with E-state index >= 15 is 0 Å². The summed E-state index contributed by atoms with van der Waals surface area (Å²) in [5.74, 6) is 0.0825. The van der Waals surface area contributed by atoms with Crippen molar-refractivity contribution in [2.75, 3.05) is 5.32 Å². The number of halogens is 3. The van der Waals surface area contributed by atoms with Crippen LogP contribution in [0, 0.1) is 6.92 Å². The van der Waals surface area contributed by atoms with Crippen molar-refractivity contribution in [1.29, 1.82) is 0 Å². The predicted octanol–water partition coefficient (Wildman–Crippen LogP) is 5.93. The van der Waals surface area contributed by atoms with Gasteiger partial charge in [0.05, 0.1) is 5.56 Å². The van der Waals surface area contributed by atoms with Gasteiger partial charge in [0.1, 0.15) is 5.75 Å². The van der Waals surface area contributed by atoms with Crippen LogP contribution in [-0.2, 0) is 6.18 Å². The van der Waals surface area contributed by atoms with Gasteiger partial charge < -0.3 is 15.0 Å². The molecular weight excluding hydrogens is 395 g/mol. The molecule has 152 valence electrons. The van der Waals surface area contributed by atoms with Crippen LogP contribution in [0.5, 0.6) is 11.6 Å². The minimum Gasteiger partial charge on any atom is -0.439 e. The van der Waals surface area contributed by atoms with Crippen LogP contribution in [0.25, 0.3) is 10.9 Å². The number of benzene rings is 2. The number of carbonyl (C=O) groups excluding carboxylic acids is 1. The Balaban J connectivity index is 1.42. The summed E-state index contributed by atoms with van der Waals surface area (Å²) in [7, 11) is 0. The number of amides is 1. The quantitative estimate of drug-likeness (QED) is 0.437. The van der Waals surface area contributed by atoms with Crippen molar-refractivity contribution in [3.63, 3.8) is 0 Å². The van der Waals surface area contributed by atoms with E-state index in [9.17, 15) is 18.0 Å². The number of fused-ring (bicyclic) bond motifs is 1. The van der Waals surface area contributed by atoms with E-state index in [1.54, 1.807) is 24.3 Å². The number of rotatable bonds is 4. The fraction of sp³-hybridized carbons (Fsp3) is 0.0909. The first-order valence-corrected chi connectivity index (χ1v) is 9.00. The number of aromatic nitrogens is 2. The van der Waals surface area contributed by atoms with Gasteiger partial charge in [0.15, 0.2) is 0 Å². The predicted molar refractivity (Wildman–Crippen MR) is 107 cm³/mol. The molecule has 4 aromatic rings. The van der Waals surface area contributed by atoms with Crippen LogP contribution >= 0.6 is 0 Å². The number of hydrogen-bond donors (Lipinski definition) is 2. The van der Waals surface area contributed by atoms with Gasteiger partial charge in [-0.3, -0.25) is 4.79 Å². The van der Waals surface area contributed by atoms with E-state index in [4.69, 9.17) is 4.74 Å². The van der Waals surface area contributed by atoms with Crippen molar-refractivity contribution in [2.24, 2.45) is 0 Å². The van der Waals surface area contributed by atoms with Crippen LogP contribution in [0.1, 0.15) is 21.6 Å². The van der Waals surface area contributed by atoms with E-state index in [0.29, 0.717) is 23.2 Å². The third-order valence-electron chi connectivity index (χ3n) is 4.42. The lowest BCUT2D eigenvalue weighted by Crippen LogP contribution is -2.11. The summed E-state index contributed by atoms with van der Waals surface area (Å²) < 4.78 is 43.2. The Kier molecular flexibility index (Phi) is 4.91. The molecule has 0 saturated carbocycles. The Morgan fingerprint density at radius 3 is 2.47 bits per heavy atom. The number of hydrogen-bond acceptors (Lipinski definition) is 3. The summed E-state index contributed by atoms with van der Waals surface area (Å²) in [6.07, 6.45) is -3.75. The minimum atomic E-state index is -4.45. The van der Waals surface area contributed by atoms with Crippen LogP contribution < -0.4 is 10.1 Å². The van der Waals surface area contributed by atoms with Gasteiger partial charge in [0, 0.05) is 40.1 Å². The summed E-state index contributed by atoms with van der Waals surface area (Å²) in [5.41, 5.74) is 2.25. The fourth-order valence-corrected chi connectivity index (χ4v) is 2.96. The second kappa shape index (κ2) is 7.55. The van der Waals surface area contributed by atoms with Gasteiger partial charge in [-0.05, 0) is 61.5 Å². The zero-order valence-corrected chi connectivity index (χ0v) is 15.7.